The number of aliphatic hydroxyl groups is 1. The standard InChI is InChI=1S/C9H9N3OS/c13-5-9-10-3-1-8(12-9)11-7-2-4-14-6-7/h1-4,6,13H,5H2,(H,10,11,12). The first kappa shape index (κ1) is 9.11. The molecule has 0 fully saturated rings. The Morgan fingerprint density at radius 3 is 3.07 bits per heavy atom. The van der Waals surface area contributed by atoms with Gasteiger partial charge in [0.25, 0.3) is 0 Å². The smallest absolute Gasteiger partial charge is 0.156 e. The van der Waals surface area contributed by atoms with Gasteiger partial charge in [-0.1, -0.05) is 0 Å². The van der Waals surface area contributed by atoms with Crippen molar-refractivity contribution >= 4 is 22.8 Å². The predicted molar refractivity (Wildman–Crippen MR) is 55.6 cm³/mol. The lowest BCUT2D eigenvalue weighted by Crippen LogP contribution is -1.98. The summed E-state index contributed by atoms with van der Waals surface area (Å²) in [5.41, 5.74) is 0.998. The summed E-state index contributed by atoms with van der Waals surface area (Å²) in [7, 11) is 0. The molecule has 0 saturated heterocycles. The van der Waals surface area contributed by atoms with E-state index in [1.807, 2.05) is 16.8 Å². The number of nitrogens with one attached hydrogen (secondary N) is 1. The van der Waals surface area contributed by atoms with Gasteiger partial charge >= 0.3 is 0 Å². The molecule has 72 valence electrons. The molecule has 0 radical (unpaired) electrons. The van der Waals surface area contributed by atoms with Gasteiger partial charge in [0.2, 0.25) is 0 Å². The van der Waals surface area contributed by atoms with Crippen molar-refractivity contribution in [2.24, 2.45) is 0 Å². The first-order chi connectivity index (χ1) is 6.88. The largest absolute Gasteiger partial charge is 0.388 e. The molecule has 0 bridgehead atoms. The van der Waals surface area contributed by atoms with E-state index in [1.54, 1.807) is 23.6 Å². The molecule has 0 aliphatic heterocycles. The average Bonchev–Trinajstić information content (AvgIpc) is 2.71. The first-order valence-corrected chi connectivity index (χ1v) is 5.05. The first-order valence-electron chi connectivity index (χ1n) is 4.10. The van der Waals surface area contributed by atoms with Gasteiger partial charge in [-0.25, -0.2) is 9.97 Å². The van der Waals surface area contributed by atoms with Crippen LogP contribution < -0.4 is 5.32 Å². The van der Waals surface area contributed by atoms with Crippen LogP contribution in [0.2, 0.25) is 0 Å². The number of nitrogens with zero attached hydrogens (tertiary/aromatic N) is 2. The van der Waals surface area contributed by atoms with E-state index in [9.17, 15) is 0 Å². The normalized spacial score (nSPS) is 10.1. The van der Waals surface area contributed by atoms with Crippen molar-refractivity contribution in [1.29, 1.82) is 0 Å². The summed E-state index contributed by atoms with van der Waals surface area (Å²) < 4.78 is 0. The molecular formula is C9H9N3OS. The Morgan fingerprint density at radius 2 is 2.36 bits per heavy atom. The SMILES string of the molecule is OCc1nccc(Nc2ccsc2)n1. The molecular weight excluding hydrogens is 198 g/mol. The zero-order valence-electron chi connectivity index (χ0n) is 7.34. The summed E-state index contributed by atoms with van der Waals surface area (Å²) in [4.78, 5) is 7.99. The molecule has 0 unspecified atom stereocenters. The van der Waals surface area contributed by atoms with Gasteiger partial charge in [-0.3, -0.25) is 0 Å². The molecule has 2 aromatic heterocycles. The van der Waals surface area contributed by atoms with Gasteiger partial charge in [-0.05, 0) is 17.5 Å². The minimum atomic E-state index is -0.140. The summed E-state index contributed by atoms with van der Waals surface area (Å²) in [6.07, 6.45) is 1.62. The highest BCUT2D eigenvalue weighted by Crippen LogP contribution is 2.16. The Kier molecular flexibility index (Phi) is 2.71. The van der Waals surface area contributed by atoms with E-state index in [0.717, 1.165) is 5.69 Å². The molecule has 0 spiro atoms. The highest BCUT2D eigenvalue weighted by atomic mass is 32.1. The van der Waals surface area contributed by atoms with Crippen LogP contribution in [0.4, 0.5) is 11.5 Å². The fourth-order valence-corrected chi connectivity index (χ4v) is 1.62. The maximum absolute atomic E-state index is 8.84. The number of thiophene rings is 1. The summed E-state index contributed by atoms with van der Waals surface area (Å²) in [5, 5.41) is 15.9. The minimum Gasteiger partial charge on any atom is -0.388 e. The lowest BCUT2D eigenvalue weighted by molar-refractivity contribution is 0.271. The zero-order chi connectivity index (χ0) is 9.80. The van der Waals surface area contributed by atoms with Gasteiger partial charge in [0.15, 0.2) is 5.82 Å². The number of aromatic nitrogens is 2. The maximum atomic E-state index is 8.84. The highest BCUT2D eigenvalue weighted by molar-refractivity contribution is 7.08. The number of aliphatic hydroxyl groups excluding tert-OH is 1. The molecule has 2 aromatic rings. The molecule has 0 amide bonds. The van der Waals surface area contributed by atoms with Crippen LogP contribution in [0.1, 0.15) is 5.82 Å². The second-order valence-electron chi connectivity index (χ2n) is 2.65. The minimum absolute atomic E-state index is 0.140. The van der Waals surface area contributed by atoms with E-state index in [2.05, 4.69) is 15.3 Å². The van der Waals surface area contributed by atoms with Gasteiger partial charge in [0.1, 0.15) is 12.4 Å². The van der Waals surface area contributed by atoms with Gasteiger partial charge in [0, 0.05) is 11.6 Å². The monoisotopic (exact) mass is 207 g/mol. The molecule has 0 saturated carbocycles. The average molecular weight is 207 g/mol. The predicted octanol–water partition coefficient (Wildman–Crippen LogP) is 1.77. The summed E-state index contributed by atoms with van der Waals surface area (Å²) in [6, 6.07) is 3.72. The lowest BCUT2D eigenvalue weighted by Gasteiger charge is -2.02. The van der Waals surface area contributed by atoms with Crippen LogP contribution in [-0.2, 0) is 6.61 Å². The van der Waals surface area contributed by atoms with E-state index in [-0.39, 0.29) is 6.61 Å². The van der Waals surface area contributed by atoms with Crippen molar-refractivity contribution in [2.45, 2.75) is 6.61 Å². The number of rotatable bonds is 3. The van der Waals surface area contributed by atoms with Crippen molar-refractivity contribution in [3.8, 4) is 0 Å². The van der Waals surface area contributed by atoms with E-state index in [1.165, 1.54) is 0 Å². The Bertz CT molecular complexity index is 402. The van der Waals surface area contributed by atoms with Crippen molar-refractivity contribution in [1.82, 2.24) is 9.97 Å². The topological polar surface area (TPSA) is 58.0 Å². The molecule has 0 atom stereocenters. The molecule has 5 heteroatoms. The van der Waals surface area contributed by atoms with Gasteiger partial charge in [0.05, 0.1) is 5.69 Å². The van der Waals surface area contributed by atoms with Crippen LogP contribution in [0.5, 0.6) is 0 Å². The number of hydrogen-bond donors (Lipinski definition) is 2. The third-order valence-corrected chi connectivity index (χ3v) is 2.32. The fourth-order valence-electron chi connectivity index (χ4n) is 1.03. The molecule has 14 heavy (non-hydrogen) atoms. The Hall–Kier alpha value is -1.46. The van der Waals surface area contributed by atoms with Crippen LogP contribution in [0.25, 0.3) is 0 Å². The van der Waals surface area contributed by atoms with Crippen LogP contribution in [0.3, 0.4) is 0 Å². The number of anilines is 2. The van der Waals surface area contributed by atoms with E-state index >= 15 is 0 Å². The lowest BCUT2D eigenvalue weighted by atomic mass is 10.5. The van der Waals surface area contributed by atoms with Crippen LogP contribution in [0, 0.1) is 0 Å². The second kappa shape index (κ2) is 4.17. The third kappa shape index (κ3) is 2.07. The van der Waals surface area contributed by atoms with Crippen molar-refractivity contribution in [2.75, 3.05) is 5.32 Å². The van der Waals surface area contributed by atoms with Crippen molar-refractivity contribution < 1.29 is 5.11 Å². The van der Waals surface area contributed by atoms with Gasteiger partial charge in [-0.2, -0.15) is 11.3 Å². The summed E-state index contributed by atoms with van der Waals surface area (Å²) in [6.45, 7) is -0.140. The zero-order valence-corrected chi connectivity index (χ0v) is 8.16. The molecule has 0 aliphatic rings. The Labute approximate surface area is 85.3 Å². The van der Waals surface area contributed by atoms with Crippen LogP contribution in [0.15, 0.2) is 29.1 Å². The molecule has 0 aromatic carbocycles. The highest BCUT2D eigenvalue weighted by Gasteiger charge is 1.98. The van der Waals surface area contributed by atoms with Gasteiger partial charge in [-0.15, -0.1) is 0 Å². The van der Waals surface area contributed by atoms with Crippen molar-refractivity contribution in [3.05, 3.63) is 34.9 Å². The Balaban J connectivity index is 2.17. The summed E-state index contributed by atoms with van der Waals surface area (Å²) >= 11 is 1.61. The third-order valence-electron chi connectivity index (χ3n) is 1.64. The van der Waals surface area contributed by atoms with Crippen molar-refractivity contribution in [3.63, 3.8) is 0 Å². The quantitative estimate of drug-likeness (QED) is 0.805. The number of hydrogen-bond acceptors (Lipinski definition) is 5. The molecule has 2 rings (SSSR count). The second-order valence-corrected chi connectivity index (χ2v) is 3.43. The van der Waals surface area contributed by atoms with E-state index in [4.69, 9.17) is 5.11 Å². The summed E-state index contributed by atoms with van der Waals surface area (Å²) in [5.74, 6) is 1.12. The fraction of sp³-hybridized carbons (Fsp3) is 0.111. The molecule has 0 aliphatic carbocycles. The molecule has 2 N–H and O–H groups in total. The maximum Gasteiger partial charge on any atom is 0.156 e. The molecule has 2 heterocycles. The molecule has 4 nitrogen and oxygen atoms in total. The van der Waals surface area contributed by atoms with E-state index < -0.39 is 0 Å². The van der Waals surface area contributed by atoms with Crippen LogP contribution in [-0.4, -0.2) is 15.1 Å². The Morgan fingerprint density at radius 1 is 1.43 bits per heavy atom. The van der Waals surface area contributed by atoms with Gasteiger partial charge < -0.3 is 10.4 Å². The van der Waals surface area contributed by atoms with E-state index in [0.29, 0.717) is 11.6 Å². The van der Waals surface area contributed by atoms with Crippen LogP contribution >= 0.6 is 11.3 Å².